The quantitative estimate of drug-likeness (QED) is 0.355. The number of halogens is 3. The van der Waals surface area contributed by atoms with Crippen LogP contribution in [0.5, 0.6) is 0 Å². The Morgan fingerprint density at radius 3 is 2.45 bits per heavy atom. The van der Waals surface area contributed by atoms with Crippen molar-refractivity contribution in [2.45, 2.75) is 6.36 Å². The summed E-state index contributed by atoms with van der Waals surface area (Å²) >= 11 is 0. The predicted octanol–water partition coefficient (Wildman–Crippen LogP) is -0.0199. The molecule has 8 heteroatoms. The van der Waals surface area contributed by atoms with Crippen LogP contribution in [0.15, 0.2) is 12.2 Å². The van der Waals surface area contributed by atoms with Crippen LogP contribution in [0.25, 0.3) is 0 Å². The highest BCUT2D eigenvalue weighted by Crippen LogP contribution is 2.10. The van der Waals surface area contributed by atoms with Gasteiger partial charge in [-0.15, -0.1) is 0 Å². The molecule has 0 aromatic carbocycles. The Bertz CT molecular complexity index is 141. The van der Waals surface area contributed by atoms with Crippen LogP contribution in [0.2, 0.25) is 0 Å². The smallest absolute Gasteiger partial charge is 0.400 e. The van der Waals surface area contributed by atoms with Gasteiger partial charge in [0, 0.05) is 0 Å². The molecule has 0 aliphatic rings. The summed E-state index contributed by atoms with van der Waals surface area (Å²) in [6, 6.07) is 0. The first-order valence-corrected chi connectivity index (χ1v) is 2.36. The SMILES string of the molecule is OB(O)OOC(F)C(F)=CF. The van der Waals surface area contributed by atoms with Crippen molar-refractivity contribution in [3.63, 3.8) is 0 Å². The highest BCUT2D eigenvalue weighted by Gasteiger charge is 2.19. The Balaban J connectivity index is 3.61. The minimum atomic E-state index is -2.80. The van der Waals surface area contributed by atoms with Crippen molar-refractivity contribution < 1.29 is 32.9 Å². The summed E-state index contributed by atoms with van der Waals surface area (Å²) in [5.74, 6) is -1.87. The van der Waals surface area contributed by atoms with Crippen LogP contribution in [-0.4, -0.2) is 23.7 Å². The van der Waals surface area contributed by atoms with Crippen LogP contribution in [0.4, 0.5) is 13.2 Å². The molecule has 2 N–H and O–H groups in total. The van der Waals surface area contributed by atoms with Gasteiger partial charge in [0.2, 0.25) is 0 Å². The third-order valence-corrected chi connectivity index (χ3v) is 0.547. The summed E-state index contributed by atoms with van der Waals surface area (Å²) in [6.45, 7) is 0. The van der Waals surface area contributed by atoms with E-state index in [1.165, 1.54) is 0 Å². The standard InChI is InChI=1S/C3H4BF3O4/c5-1-2(6)3(7)10-11-4(8)9/h1,3,8-9H. The molecule has 11 heavy (non-hydrogen) atoms. The van der Waals surface area contributed by atoms with Crippen molar-refractivity contribution in [3.8, 4) is 0 Å². The molecule has 0 aromatic heterocycles. The van der Waals surface area contributed by atoms with Crippen LogP contribution in [-0.2, 0) is 9.69 Å². The van der Waals surface area contributed by atoms with E-state index >= 15 is 0 Å². The first kappa shape index (κ1) is 10.4. The number of rotatable bonds is 4. The van der Waals surface area contributed by atoms with Gasteiger partial charge in [-0.2, -0.15) is 0 Å². The van der Waals surface area contributed by atoms with Crippen LogP contribution < -0.4 is 0 Å². The molecule has 0 saturated heterocycles. The molecule has 64 valence electrons. The lowest BCUT2D eigenvalue weighted by atomic mass is 10.3. The van der Waals surface area contributed by atoms with Crippen molar-refractivity contribution >= 4 is 7.32 Å². The molecular formula is C3H4BF3O4. The predicted molar refractivity (Wildman–Crippen MR) is 27.6 cm³/mol. The summed E-state index contributed by atoms with van der Waals surface area (Å²) in [4.78, 5) is 6.62. The van der Waals surface area contributed by atoms with E-state index < -0.39 is 25.8 Å². The fourth-order valence-electron chi connectivity index (χ4n) is 0.194. The van der Waals surface area contributed by atoms with Crippen molar-refractivity contribution in [2.75, 3.05) is 0 Å². The van der Waals surface area contributed by atoms with Crippen LogP contribution in [0.1, 0.15) is 0 Å². The second kappa shape index (κ2) is 5.13. The number of alkyl halides is 1. The highest BCUT2D eigenvalue weighted by atomic mass is 19.2. The Labute approximate surface area is 59.9 Å². The lowest BCUT2D eigenvalue weighted by molar-refractivity contribution is -0.294. The molecule has 0 saturated carbocycles. The maximum Gasteiger partial charge on any atom is 0.662 e. The van der Waals surface area contributed by atoms with Gasteiger partial charge in [0.15, 0.2) is 5.83 Å². The summed E-state index contributed by atoms with van der Waals surface area (Å²) in [5, 5.41) is 15.7. The van der Waals surface area contributed by atoms with Gasteiger partial charge in [0.05, 0.1) is 0 Å². The van der Waals surface area contributed by atoms with E-state index in [1.807, 2.05) is 0 Å². The molecule has 0 aromatic rings. The van der Waals surface area contributed by atoms with Crippen molar-refractivity contribution in [1.29, 1.82) is 0 Å². The molecule has 0 amide bonds. The van der Waals surface area contributed by atoms with Gasteiger partial charge in [-0.25, -0.2) is 22.9 Å². The lowest BCUT2D eigenvalue weighted by Gasteiger charge is -2.04. The van der Waals surface area contributed by atoms with E-state index in [9.17, 15) is 13.2 Å². The van der Waals surface area contributed by atoms with Gasteiger partial charge in [-0.1, -0.05) is 0 Å². The minimum absolute atomic E-state index is 0.683. The van der Waals surface area contributed by atoms with Gasteiger partial charge >= 0.3 is 7.32 Å². The van der Waals surface area contributed by atoms with Gasteiger partial charge in [-0.05, 0) is 0 Å². The molecule has 0 fully saturated rings. The average Bonchev–Trinajstić information content (AvgIpc) is 1.98. The van der Waals surface area contributed by atoms with E-state index in [2.05, 4.69) is 9.69 Å². The van der Waals surface area contributed by atoms with Gasteiger partial charge in [0.25, 0.3) is 6.36 Å². The summed E-state index contributed by atoms with van der Waals surface area (Å²) in [5.41, 5.74) is 0. The normalized spacial score (nSPS) is 14.8. The summed E-state index contributed by atoms with van der Waals surface area (Å²) in [7, 11) is -2.40. The van der Waals surface area contributed by atoms with E-state index in [-0.39, 0.29) is 0 Å². The molecule has 0 rings (SSSR count). The maximum absolute atomic E-state index is 11.9. The Hall–Kier alpha value is -0.565. The molecule has 0 bridgehead atoms. The van der Waals surface area contributed by atoms with Crippen molar-refractivity contribution in [2.24, 2.45) is 0 Å². The van der Waals surface area contributed by atoms with Crippen LogP contribution in [0.3, 0.4) is 0 Å². The monoisotopic (exact) mass is 172 g/mol. The third-order valence-electron chi connectivity index (χ3n) is 0.547. The Morgan fingerprint density at radius 2 is 2.09 bits per heavy atom. The van der Waals surface area contributed by atoms with Gasteiger partial charge in [-0.3, -0.25) is 0 Å². The minimum Gasteiger partial charge on any atom is -0.400 e. The number of hydrogen-bond donors (Lipinski definition) is 2. The van der Waals surface area contributed by atoms with E-state index in [1.54, 1.807) is 0 Å². The average molecular weight is 172 g/mol. The number of hydrogen-bond acceptors (Lipinski definition) is 4. The lowest BCUT2D eigenvalue weighted by Crippen LogP contribution is -2.20. The Morgan fingerprint density at radius 1 is 1.55 bits per heavy atom. The molecule has 0 heterocycles. The summed E-state index contributed by atoms with van der Waals surface area (Å²) in [6.07, 6.45) is -3.49. The fourth-order valence-corrected chi connectivity index (χ4v) is 0.194. The molecule has 0 aliphatic carbocycles. The fraction of sp³-hybridized carbons (Fsp3) is 0.333. The highest BCUT2D eigenvalue weighted by molar-refractivity contribution is 6.32. The Kier molecular flexibility index (Phi) is 4.87. The maximum atomic E-state index is 11.9. The van der Waals surface area contributed by atoms with Crippen molar-refractivity contribution in [1.82, 2.24) is 0 Å². The topological polar surface area (TPSA) is 58.9 Å². The first-order valence-electron chi connectivity index (χ1n) is 2.36. The zero-order valence-corrected chi connectivity index (χ0v) is 5.08. The second-order valence-corrected chi connectivity index (χ2v) is 1.33. The zero-order valence-electron chi connectivity index (χ0n) is 5.08. The molecule has 0 spiro atoms. The zero-order chi connectivity index (χ0) is 8.85. The van der Waals surface area contributed by atoms with Crippen molar-refractivity contribution in [3.05, 3.63) is 12.2 Å². The molecule has 0 radical (unpaired) electrons. The largest absolute Gasteiger partial charge is 0.662 e. The molecule has 4 nitrogen and oxygen atoms in total. The first-order chi connectivity index (χ1) is 5.07. The van der Waals surface area contributed by atoms with E-state index in [0.717, 1.165) is 0 Å². The molecular weight excluding hydrogens is 168 g/mol. The van der Waals surface area contributed by atoms with E-state index in [4.69, 9.17) is 10.0 Å². The van der Waals surface area contributed by atoms with Crippen LogP contribution in [0, 0.1) is 0 Å². The van der Waals surface area contributed by atoms with Gasteiger partial charge < -0.3 is 10.0 Å². The van der Waals surface area contributed by atoms with E-state index in [0.29, 0.717) is 0 Å². The third kappa shape index (κ3) is 4.79. The second-order valence-electron chi connectivity index (χ2n) is 1.33. The molecule has 0 aliphatic heterocycles. The molecule has 1 unspecified atom stereocenters. The van der Waals surface area contributed by atoms with Crippen LogP contribution >= 0.6 is 0 Å². The van der Waals surface area contributed by atoms with Gasteiger partial charge in [0.1, 0.15) is 6.33 Å². The molecule has 1 atom stereocenters. The summed E-state index contributed by atoms with van der Waals surface area (Å²) < 4.78 is 34.7.